The number of carbonyl (C=O) groups is 1. The summed E-state index contributed by atoms with van der Waals surface area (Å²) in [6, 6.07) is 7.40. The van der Waals surface area contributed by atoms with Crippen molar-refractivity contribution in [2.75, 3.05) is 12.8 Å². The molecule has 0 saturated carbocycles. The van der Waals surface area contributed by atoms with Gasteiger partial charge in [0.15, 0.2) is 0 Å². The number of carbonyl (C=O) groups excluding carboxylic acids is 1. The zero-order valence-electron chi connectivity index (χ0n) is 13.4. The number of nitrogens with one attached hydrogen (secondary N) is 1. The highest BCUT2D eigenvalue weighted by Crippen LogP contribution is 2.22. The number of hydrogen-bond acceptors (Lipinski definition) is 3. The van der Waals surface area contributed by atoms with Crippen molar-refractivity contribution in [3.05, 3.63) is 35.4 Å². The van der Waals surface area contributed by atoms with Crippen molar-refractivity contribution in [2.45, 2.75) is 45.2 Å². The topological polar surface area (TPSA) is 66.5 Å². The van der Waals surface area contributed by atoms with E-state index in [0.717, 1.165) is 24.7 Å². The first kappa shape index (κ1) is 17.0. The van der Waals surface area contributed by atoms with Crippen LogP contribution in [0.5, 0.6) is 0 Å². The molecule has 2 atom stereocenters. The van der Waals surface area contributed by atoms with Crippen LogP contribution >= 0.6 is 0 Å². The summed E-state index contributed by atoms with van der Waals surface area (Å²) < 4.78 is 24.7. The third kappa shape index (κ3) is 3.87. The highest BCUT2D eigenvalue weighted by Gasteiger charge is 2.36. The Bertz CT molecular complexity index is 625. The molecule has 6 heteroatoms. The summed E-state index contributed by atoms with van der Waals surface area (Å²) in [6.45, 7) is 4.44. The fourth-order valence-corrected chi connectivity index (χ4v) is 3.96. The van der Waals surface area contributed by atoms with E-state index < -0.39 is 16.1 Å². The molecule has 0 radical (unpaired) electrons. The maximum atomic E-state index is 12.4. The van der Waals surface area contributed by atoms with Crippen LogP contribution in [0.4, 0.5) is 0 Å². The van der Waals surface area contributed by atoms with Crippen LogP contribution in [0.3, 0.4) is 0 Å². The number of amides is 1. The third-order valence-electron chi connectivity index (χ3n) is 4.18. The van der Waals surface area contributed by atoms with Gasteiger partial charge in [-0.25, -0.2) is 8.42 Å². The van der Waals surface area contributed by atoms with Gasteiger partial charge in [0.2, 0.25) is 15.9 Å². The first-order valence-electron chi connectivity index (χ1n) is 7.69. The van der Waals surface area contributed by atoms with Crippen LogP contribution in [0.15, 0.2) is 24.3 Å². The standard InChI is InChI=1S/C16H24N2O3S/c1-4-13-7-9-14(10-8-13)12(2)17-16(19)15-6-5-11-18(15)22(3,20)21/h7-10,12,15H,4-6,11H2,1-3H3,(H,17,19). The van der Waals surface area contributed by atoms with Gasteiger partial charge in [-0.2, -0.15) is 4.31 Å². The number of hydrogen-bond donors (Lipinski definition) is 1. The number of aryl methyl sites for hydroxylation is 1. The summed E-state index contributed by atoms with van der Waals surface area (Å²) in [5, 5.41) is 2.93. The van der Waals surface area contributed by atoms with Crippen LogP contribution < -0.4 is 5.32 Å². The van der Waals surface area contributed by atoms with E-state index in [1.54, 1.807) is 0 Å². The minimum absolute atomic E-state index is 0.139. The average molecular weight is 324 g/mol. The Labute approximate surface area is 132 Å². The van der Waals surface area contributed by atoms with Gasteiger partial charge in [-0.1, -0.05) is 31.2 Å². The average Bonchev–Trinajstić information content (AvgIpc) is 2.97. The highest BCUT2D eigenvalue weighted by atomic mass is 32.2. The summed E-state index contributed by atoms with van der Waals surface area (Å²) in [7, 11) is -3.33. The summed E-state index contributed by atoms with van der Waals surface area (Å²) >= 11 is 0. The van der Waals surface area contributed by atoms with Gasteiger partial charge in [0.25, 0.3) is 0 Å². The molecule has 2 rings (SSSR count). The van der Waals surface area contributed by atoms with Crippen molar-refractivity contribution < 1.29 is 13.2 Å². The normalized spacial score (nSPS) is 20.8. The Morgan fingerprint density at radius 1 is 1.36 bits per heavy atom. The van der Waals surface area contributed by atoms with Gasteiger partial charge in [-0.15, -0.1) is 0 Å². The Balaban J connectivity index is 2.04. The molecule has 1 amide bonds. The van der Waals surface area contributed by atoms with Crippen LogP contribution in [0.25, 0.3) is 0 Å². The lowest BCUT2D eigenvalue weighted by Crippen LogP contribution is -2.46. The minimum atomic E-state index is -3.33. The molecule has 22 heavy (non-hydrogen) atoms. The van der Waals surface area contributed by atoms with Gasteiger partial charge < -0.3 is 5.32 Å². The number of benzene rings is 1. The van der Waals surface area contributed by atoms with Crippen molar-refractivity contribution in [2.24, 2.45) is 0 Å². The van der Waals surface area contributed by atoms with E-state index in [9.17, 15) is 13.2 Å². The van der Waals surface area contributed by atoms with Gasteiger partial charge in [0, 0.05) is 6.54 Å². The van der Waals surface area contributed by atoms with Crippen LogP contribution in [0, 0.1) is 0 Å². The van der Waals surface area contributed by atoms with Crippen molar-refractivity contribution >= 4 is 15.9 Å². The van der Waals surface area contributed by atoms with Crippen molar-refractivity contribution in [1.29, 1.82) is 0 Å². The summed E-state index contributed by atoms with van der Waals surface area (Å²) in [5.41, 5.74) is 2.27. The second-order valence-electron chi connectivity index (χ2n) is 5.86. The Morgan fingerprint density at radius 2 is 2.00 bits per heavy atom. The molecular formula is C16H24N2O3S. The molecular weight excluding hydrogens is 300 g/mol. The first-order chi connectivity index (χ1) is 10.3. The van der Waals surface area contributed by atoms with E-state index in [-0.39, 0.29) is 11.9 Å². The molecule has 1 saturated heterocycles. The van der Waals surface area contributed by atoms with Gasteiger partial charge >= 0.3 is 0 Å². The monoisotopic (exact) mass is 324 g/mol. The van der Waals surface area contributed by atoms with E-state index in [4.69, 9.17) is 0 Å². The maximum Gasteiger partial charge on any atom is 0.238 e. The molecule has 0 spiro atoms. The molecule has 1 aliphatic rings. The van der Waals surface area contributed by atoms with Crippen LogP contribution in [-0.2, 0) is 21.2 Å². The van der Waals surface area contributed by atoms with Crippen molar-refractivity contribution in [1.82, 2.24) is 9.62 Å². The lowest BCUT2D eigenvalue weighted by Gasteiger charge is -2.23. The molecule has 1 heterocycles. The molecule has 122 valence electrons. The van der Waals surface area contributed by atoms with E-state index in [1.165, 1.54) is 9.87 Å². The first-order valence-corrected chi connectivity index (χ1v) is 9.53. The van der Waals surface area contributed by atoms with E-state index in [2.05, 4.69) is 24.4 Å². The summed E-state index contributed by atoms with van der Waals surface area (Å²) in [5.74, 6) is -0.213. The molecule has 1 N–H and O–H groups in total. The maximum absolute atomic E-state index is 12.4. The quantitative estimate of drug-likeness (QED) is 0.899. The molecule has 5 nitrogen and oxygen atoms in total. The molecule has 0 aromatic heterocycles. The van der Waals surface area contributed by atoms with E-state index in [0.29, 0.717) is 13.0 Å². The molecule has 0 aliphatic carbocycles. The van der Waals surface area contributed by atoms with E-state index >= 15 is 0 Å². The van der Waals surface area contributed by atoms with Gasteiger partial charge in [0.1, 0.15) is 6.04 Å². The fraction of sp³-hybridized carbons (Fsp3) is 0.562. The third-order valence-corrected chi connectivity index (χ3v) is 5.47. The number of rotatable bonds is 5. The lowest BCUT2D eigenvalue weighted by atomic mass is 10.0. The highest BCUT2D eigenvalue weighted by molar-refractivity contribution is 7.88. The smallest absolute Gasteiger partial charge is 0.238 e. The second-order valence-corrected chi connectivity index (χ2v) is 7.79. The Kier molecular flexibility index (Phi) is 5.24. The predicted molar refractivity (Wildman–Crippen MR) is 86.9 cm³/mol. The molecule has 1 aromatic rings. The molecule has 1 aromatic carbocycles. The Hall–Kier alpha value is -1.40. The second kappa shape index (κ2) is 6.79. The zero-order valence-corrected chi connectivity index (χ0v) is 14.2. The Morgan fingerprint density at radius 3 is 2.55 bits per heavy atom. The molecule has 1 fully saturated rings. The van der Waals surface area contributed by atoms with Crippen molar-refractivity contribution in [3.63, 3.8) is 0 Å². The van der Waals surface area contributed by atoms with E-state index in [1.807, 2.05) is 19.1 Å². The molecule has 2 unspecified atom stereocenters. The van der Waals surface area contributed by atoms with Gasteiger partial charge in [0.05, 0.1) is 12.3 Å². The number of nitrogens with zero attached hydrogens (tertiary/aromatic N) is 1. The largest absolute Gasteiger partial charge is 0.348 e. The predicted octanol–water partition coefficient (Wildman–Crippen LogP) is 1.85. The van der Waals surface area contributed by atoms with Crippen LogP contribution in [0.1, 0.15) is 43.9 Å². The molecule has 0 bridgehead atoms. The minimum Gasteiger partial charge on any atom is -0.348 e. The zero-order chi connectivity index (χ0) is 16.3. The SMILES string of the molecule is CCc1ccc(C(C)NC(=O)C2CCCN2S(C)(=O)=O)cc1. The number of sulfonamides is 1. The summed E-state index contributed by atoms with van der Waals surface area (Å²) in [4.78, 5) is 12.4. The molecule has 1 aliphatic heterocycles. The van der Waals surface area contributed by atoms with Gasteiger partial charge in [-0.05, 0) is 37.3 Å². The van der Waals surface area contributed by atoms with Gasteiger partial charge in [-0.3, -0.25) is 4.79 Å². The lowest BCUT2D eigenvalue weighted by molar-refractivity contribution is -0.124. The van der Waals surface area contributed by atoms with Crippen molar-refractivity contribution in [3.8, 4) is 0 Å². The van der Waals surface area contributed by atoms with Crippen LogP contribution in [-0.4, -0.2) is 37.5 Å². The fourth-order valence-electron chi connectivity index (χ4n) is 2.83. The summed E-state index contributed by atoms with van der Waals surface area (Å²) in [6.07, 6.45) is 3.45. The van der Waals surface area contributed by atoms with Crippen LogP contribution in [0.2, 0.25) is 0 Å².